The third-order valence-corrected chi connectivity index (χ3v) is 2.67. The smallest absolute Gasteiger partial charge is 0.320 e. The number of nitrogens with zero attached hydrogens (tertiary/aromatic N) is 3. The molecule has 1 aromatic carbocycles. The highest BCUT2D eigenvalue weighted by Crippen LogP contribution is 2.09. The van der Waals surface area contributed by atoms with Crippen LogP contribution >= 0.6 is 0 Å². The molecule has 0 aliphatic rings. The quantitative estimate of drug-likeness (QED) is 0.886. The van der Waals surface area contributed by atoms with Gasteiger partial charge in [0.25, 0.3) is 0 Å². The Morgan fingerprint density at radius 3 is 2.58 bits per heavy atom. The van der Waals surface area contributed by atoms with Gasteiger partial charge in [0.1, 0.15) is 5.82 Å². The number of aryl methyl sites for hydroxylation is 2. The van der Waals surface area contributed by atoms with Crippen LogP contribution in [0.15, 0.2) is 24.3 Å². The molecule has 19 heavy (non-hydrogen) atoms. The zero-order valence-corrected chi connectivity index (χ0v) is 11.3. The van der Waals surface area contributed by atoms with Crippen LogP contribution in [-0.2, 0) is 6.54 Å². The van der Waals surface area contributed by atoms with Crippen LogP contribution in [0.3, 0.4) is 0 Å². The number of benzene rings is 1. The molecule has 1 aromatic heterocycles. The molecule has 0 radical (unpaired) electrons. The minimum atomic E-state index is -0.189. The minimum absolute atomic E-state index is 0.189. The van der Waals surface area contributed by atoms with Gasteiger partial charge in [-0.3, -0.25) is 5.10 Å². The summed E-state index contributed by atoms with van der Waals surface area (Å²) in [6, 6.07) is 7.46. The number of aromatic amines is 1. The summed E-state index contributed by atoms with van der Waals surface area (Å²) in [6.07, 6.45) is 0. The Morgan fingerprint density at radius 1 is 1.32 bits per heavy atom. The van der Waals surface area contributed by atoms with Crippen LogP contribution in [0.5, 0.6) is 0 Å². The summed E-state index contributed by atoms with van der Waals surface area (Å²) in [5.74, 6) is 1.33. The lowest BCUT2D eigenvalue weighted by Crippen LogP contribution is -2.31. The Balaban J connectivity index is 1.94. The summed E-state index contributed by atoms with van der Waals surface area (Å²) < 4.78 is 0. The van der Waals surface area contributed by atoms with Crippen LogP contribution in [0, 0.1) is 13.8 Å². The number of rotatable bonds is 3. The van der Waals surface area contributed by atoms with E-state index in [1.165, 1.54) is 4.90 Å². The summed E-state index contributed by atoms with van der Waals surface area (Å²) >= 11 is 0. The number of hydrogen-bond donors (Lipinski definition) is 2. The van der Waals surface area contributed by atoms with E-state index in [0.29, 0.717) is 12.4 Å². The number of carbonyl (C=O) groups excluding carboxylic acids is 1. The van der Waals surface area contributed by atoms with E-state index in [2.05, 4.69) is 20.5 Å². The van der Waals surface area contributed by atoms with Crippen LogP contribution in [0.2, 0.25) is 0 Å². The topological polar surface area (TPSA) is 73.9 Å². The van der Waals surface area contributed by atoms with E-state index in [1.54, 1.807) is 7.05 Å². The fourth-order valence-corrected chi connectivity index (χ4v) is 1.60. The van der Waals surface area contributed by atoms with Crippen LogP contribution in [0.1, 0.15) is 17.2 Å². The second-order valence-electron chi connectivity index (χ2n) is 4.49. The van der Waals surface area contributed by atoms with Gasteiger partial charge < -0.3 is 10.2 Å². The molecule has 6 nitrogen and oxygen atoms in total. The van der Waals surface area contributed by atoms with Crippen LogP contribution in [0.4, 0.5) is 10.5 Å². The molecule has 0 saturated carbocycles. The summed E-state index contributed by atoms with van der Waals surface area (Å²) in [4.78, 5) is 17.7. The molecule has 0 unspecified atom stereocenters. The number of anilines is 1. The first-order chi connectivity index (χ1) is 9.04. The van der Waals surface area contributed by atoms with Crippen molar-refractivity contribution in [2.24, 2.45) is 0 Å². The Kier molecular flexibility index (Phi) is 3.79. The Labute approximate surface area is 111 Å². The summed E-state index contributed by atoms with van der Waals surface area (Å²) in [6.45, 7) is 4.19. The molecule has 0 bridgehead atoms. The molecule has 2 aromatic rings. The standard InChI is InChI=1S/C13H17N5O/c1-9-4-6-11(7-5-9)15-13(19)18(3)8-12-14-10(2)16-17-12/h4-7H,8H2,1-3H3,(H,15,19)(H,14,16,17). The maximum atomic E-state index is 12.0. The van der Waals surface area contributed by atoms with Crippen molar-refractivity contribution in [2.75, 3.05) is 12.4 Å². The highest BCUT2D eigenvalue weighted by molar-refractivity contribution is 5.89. The molecule has 2 rings (SSSR count). The number of aromatic nitrogens is 3. The second kappa shape index (κ2) is 5.51. The van der Waals surface area contributed by atoms with E-state index in [9.17, 15) is 4.79 Å². The van der Waals surface area contributed by atoms with E-state index in [4.69, 9.17) is 0 Å². The lowest BCUT2D eigenvalue weighted by Gasteiger charge is -2.16. The molecule has 2 N–H and O–H groups in total. The third kappa shape index (κ3) is 3.54. The van der Waals surface area contributed by atoms with Gasteiger partial charge in [0.05, 0.1) is 6.54 Å². The van der Waals surface area contributed by atoms with E-state index in [1.807, 2.05) is 38.1 Å². The van der Waals surface area contributed by atoms with E-state index >= 15 is 0 Å². The molecule has 6 heteroatoms. The largest absolute Gasteiger partial charge is 0.321 e. The van der Waals surface area contributed by atoms with Gasteiger partial charge in [0.2, 0.25) is 0 Å². The highest BCUT2D eigenvalue weighted by Gasteiger charge is 2.11. The fraction of sp³-hybridized carbons (Fsp3) is 0.308. The molecule has 0 aliphatic carbocycles. The number of nitrogens with one attached hydrogen (secondary N) is 2. The fourth-order valence-electron chi connectivity index (χ4n) is 1.60. The second-order valence-corrected chi connectivity index (χ2v) is 4.49. The van der Waals surface area contributed by atoms with Gasteiger partial charge in [-0.1, -0.05) is 17.7 Å². The van der Waals surface area contributed by atoms with E-state index in [0.717, 1.165) is 17.1 Å². The van der Waals surface area contributed by atoms with Gasteiger partial charge in [0.15, 0.2) is 5.82 Å². The van der Waals surface area contributed by atoms with Crippen molar-refractivity contribution in [1.29, 1.82) is 0 Å². The predicted molar refractivity (Wildman–Crippen MR) is 72.8 cm³/mol. The van der Waals surface area contributed by atoms with Gasteiger partial charge in [-0.15, -0.1) is 0 Å². The number of urea groups is 1. The Bertz CT molecular complexity index is 561. The molecule has 100 valence electrons. The van der Waals surface area contributed by atoms with Gasteiger partial charge >= 0.3 is 6.03 Å². The first-order valence-electron chi connectivity index (χ1n) is 6.01. The predicted octanol–water partition coefficient (Wildman–Crippen LogP) is 2.09. The zero-order valence-electron chi connectivity index (χ0n) is 11.3. The SMILES string of the molecule is Cc1ccc(NC(=O)N(C)Cc2n[nH]c(C)n2)cc1. The zero-order chi connectivity index (χ0) is 13.8. The molecule has 1 heterocycles. The Hall–Kier alpha value is -2.37. The third-order valence-electron chi connectivity index (χ3n) is 2.67. The molecular weight excluding hydrogens is 242 g/mol. The molecule has 0 atom stereocenters. The minimum Gasteiger partial charge on any atom is -0.320 e. The maximum absolute atomic E-state index is 12.0. The van der Waals surface area contributed by atoms with Crippen molar-refractivity contribution >= 4 is 11.7 Å². The average Bonchev–Trinajstić information content (AvgIpc) is 2.77. The number of H-pyrrole nitrogens is 1. The van der Waals surface area contributed by atoms with Crippen LogP contribution in [0.25, 0.3) is 0 Å². The molecule has 0 saturated heterocycles. The van der Waals surface area contributed by atoms with Crippen molar-refractivity contribution < 1.29 is 4.79 Å². The van der Waals surface area contributed by atoms with E-state index < -0.39 is 0 Å². The van der Waals surface area contributed by atoms with E-state index in [-0.39, 0.29) is 6.03 Å². The van der Waals surface area contributed by atoms with Gasteiger partial charge in [-0.2, -0.15) is 5.10 Å². The van der Waals surface area contributed by atoms with Gasteiger partial charge in [0, 0.05) is 12.7 Å². The first kappa shape index (κ1) is 13.1. The first-order valence-corrected chi connectivity index (χ1v) is 6.01. The lowest BCUT2D eigenvalue weighted by molar-refractivity contribution is 0.219. The number of hydrogen-bond acceptors (Lipinski definition) is 3. The van der Waals surface area contributed by atoms with Crippen molar-refractivity contribution in [3.63, 3.8) is 0 Å². The van der Waals surface area contributed by atoms with Crippen LogP contribution in [-0.4, -0.2) is 33.2 Å². The summed E-state index contributed by atoms with van der Waals surface area (Å²) in [5.41, 5.74) is 1.93. The molecule has 0 aliphatic heterocycles. The van der Waals surface area contributed by atoms with Crippen molar-refractivity contribution in [2.45, 2.75) is 20.4 Å². The summed E-state index contributed by atoms with van der Waals surface area (Å²) in [7, 11) is 1.70. The van der Waals surface area contributed by atoms with Crippen molar-refractivity contribution in [3.05, 3.63) is 41.5 Å². The maximum Gasteiger partial charge on any atom is 0.321 e. The summed E-state index contributed by atoms with van der Waals surface area (Å²) in [5, 5.41) is 9.57. The highest BCUT2D eigenvalue weighted by atomic mass is 16.2. The number of amides is 2. The molecule has 2 amide bonds. The Morgan fingerprint density at radius 2 is 2.00 bits per heavy atom. The molecule has 0 fully saturated rings. The molecular formula is C13H17N5O. The average molecular weight is 259 g/mol. The van der Waals surface area contributed by atoms with Gasteiger partial charge in [-0.05, 0) is 26.0 Å². The lowest BCUT2D eigenvalue weighted by atomic mass is 10.2. The normalized spacial score (nSPS) is 10.3. The van der Waals surface area contributed by atoms with Gasteiger partial charge in [-0.25, -0.2) is 9.78 Å². The van der Waals surface area contributed by atoms with Crippen LogP contribution < -0.4 is 5.32 Å². The van der Waals surface area contributed by atoms with Crippen molar-refractivity contribution in [1.82, 2.24) is 20.1 Å². The molecule has 0 spiro atoms. The monoisotopic (exact) mass is 259 g/mol. The number of carbonyl (C=O) groups is 1. The van der Waals surface area contributed by atoms with Crippen molar-refractivity contribution in [3.8, 4) is 0 Å².